The molecule has 0 saturated heterocycles. The summed E-state index contributed by atoms with van der Waals surface area (Å²) >= 11 is 7.56. The van der Waals surface area contributed by atoms with Crippen LogP contribution >= 0.6 is 22.9 Å². The van der Waals surface area contributed by atoms with E-state index in [9.17, 15) is 14.9 Å². The van der Waals surface area contributed by atoms with Gasteiger partial charge in [0.1, 0.15) is 16.2 Å². The summed E-state index contributed by atoms with van der Waals surface area (Å²) in [4.78, 5) is 29.9. The molecule has 1 aliphatic rings. The fourth-order valence-corrected chi connectivity index (χ4v) is 4.93. The van der Waals surface area contributed by atoms with Crippen LogP contribution in [-0.4, -0.2) is 23.0 Å². The number of amides is 2. The third-order valence-electron chi connectivity index (χ3n) is 5.04. The molecule has 0 atom stereocenters. The van der Waals surface area contributed by atoms with Crippen LogP contribution < -0.4 is 10.7 Å². The number of nitrogens with one attached hydrogen (secondary N) is 2. The second-order valence-electron chi connectivity index (χ2n) is 7.24. The number of hydrogen-bond donors (Lipinski definition) is 2. The molecule has 2 heterocycles. The second kappa shape index (κ2) is 8.84. The van der Waals surface area contributed by atoms with Crippen LogP contribution in [0.15, 0.2) is 29.4 Å². The van der Waals surface area contributed by atoms with Crippen LogP contribution in [0.5, 0.6) is 0 Å². The van der Waals surface area contributed by atoms with Crippen molar-refractivity contribution in [3.05, 3.63) is 56.5 Å². The van der Waals surface area contributed by atoms with Gasteiger partial charge in [-0.05, 0) is 55.9 Å². The monoisotopic (exact) mass is 451 g/mol. The number of aryl methyl sites for hydroxylation is 2. The van der Waals surface area contributed by atoms with E-state index in [-0.39, 0.29) is 5.15 Å². The number of thiophene rings is 1. The molecule has 0 radical (unpaired) electrons. The van der Waals surface area contributed by atoms with Gasteiger partial charge in [-0.2, -0.15) is 10.4 Å². The first-order valence-corrected chi connectivity index (χ1v) is 10.9. The Kier molecular flexibility index (Phi) is 5.98. The fourth-order valence-electron chi connectivity index (χ4n) is 3.50. The zero-order chi connectivity index (χ0) is 22.0. The lowest BCUT2D eigenvalue weighted by atomic mass is 9.96. The lowest BCUT2D eigenvalue weighted by molar-refractivity contribution is -0.136. The molecule has 31 heavy (non-hydrogen) atoms. The average molecular weight is 452 g/mol. The number of aromatic nitrogens is 1. The molecule has 1 aliphatic carbocycles. The lowest BCUT2D eigenvalue weighted by Gasteiger charge is -2.09. The van der Waals surface area contributed by atoms with Crippen LogP contribution in [0, 0.1) is 18.3 Å². The normalized spacial score (nSPS) is 13.1. The number of hydrogen-bond acceptors (Lipinski definition) is 6. The summed E-state index contributed by atoms with van der Waals surface area (Å²) in [5.74, 6) is -1.82. The topological polar surface area (TPSA) is 107 Å². The minimum absolute atomic E-state index is 0.239. The van der Waals surface area contributed by atoms with E-state index in [0.29, 0.717) is 16.1 Å². The largest absolute Gasteiger partial charge is 0.329 e. The van der Waals surface area contributed by atoms with E-state index in [1.54, 1.807) is 6.07 Å². The first kappa shape index (κ1) is 21.0. The third kappa shape index (κ3) is 4.43. The average Bonchev–Trinajstić information content (AvgIpc) is 3.10. The van der Waals surface area contributed by atoms with Gasteiger partial charge in [-0.1, -0.05) is 23.7 Å². The highest BCUT2D eigenvalue weighted by Gasteiger charge is 2.23. The van der Waals surface area contributed by atoms with Gasteiger partial charge in [0.2, 0.25) is 0 Å². The Bertz CT molecular complexity index is 1280. The number of hydrazone groups is 1. The Balaban J connectivity index is 1.44. The van der Waals surface area contributed by atoms with E-state index < -0.39 is 11.8 Å². The Labute approximate surface area is 187 Å². The maximum absolute atomic E-state index is 12.3. The number of carbonyl (C=O) groups excluding carboxylic acids is 2. The van der Waals surface area contributed by atoms with Gasteiger partial charge in [0.15, 0.2) is 0 Å². The molecule has 7 nitrogen and oxygen atoms in total. The van der Waals surface area contributed by atoms with Crippen molar-refractivity contribution in [3.8, 4) is 6.07 Å². The number of nitriles is 1. The highest BCUT2D eigenvalue weighted by molar-refractivity contribution is 7.16. The Morgan fingerprint density at radius 2 is 2.06 bits per heavy atom. The van der Waals surface area contributed by atoms with Gasteiger partial charge >= 0.3 is 11.8 Å². The van der Waals surface area contributed by atoms with Gasteiger partial charge in [-0.25, -0.2) is 10.4 Å². The van der Waals surface area contributed by atoms with E-state index in [4.69, 9.17) is 11.6 Å². The number of pyridine rings is 1. The van der Waals surface area contributed by atoms with Crippen LogP contribution in [-0.2, 0) is 22.4 Å². The minimum Gasteiger partial charge on any atom is -0.308 e. The van der Waals surface area contributed by atoms with Crippen LogP contribution in [0.3, 0.4) is 0 Å². The maximum Gasteiger partial charge on any atom is 0.329 e. The van der Waals surface area contributed by atoms with Gasteiger partial charge in [-0.15, -0.1) is 11.3 Å². The van der Waals surface area contributed by atoms with E-state index in [1.165, 1.54) is 17.6 Å². The number of nitrogens with zero attached hydrogens (tertiary/aromatic N) is 3. The molecule has 0 aliphatic heterocycles. The Morgan fingerprint density at radius 3 is 2.87 bits per heavy atom. The first-order chi connectivity index (χ1) is 15.0. The summed E-state index contributed by atoms with van der Waals surface area (Å²) < 4.78 is 0. The van der Waals surface area contributed by atoms with Crippen LogP contribution in [0.1, 0.15) is 40.0 Å². The molecule has 0 saturated carbocycles. The zero-order valence-corrected chi connectivity index (χ0v) is 18.2. The maximum atomic E-state index is 12.3. The smallest absolute Gasteiger partial charge is 0.308 e. The molecule has 0 bridgehead atoms. The van der Waals surface area contributed by atoms with E-state index in [1.807, 2.05) is 25.1 Å². The van der Waals surface area contributed by atoms with Crippen molar-refractivity contribution in [2.75, 3.05) is 5.32 Å². The second-order valence-corrected chi connectivity index (χ2v) is 8.71. The predicted octanol–water partition coefficient (Wildman–Crippen LogP) is 4.10. The van der Waals surface area contributed by atoms with Crippen molar-refractivity contribution >= 4 is 56.9 Å². The predicted molar refractivity (Wildman–Crippen MR) is 122 cm³/mol. The molecule has 0 unspecified atom stereocenters. The molecular formula is C22H18ClN5O2S. The van der Waals surface area contributed by atoms with Gasteiger partial charge in [0, 0.05) is 15.8 Å². The Hall–Kier alpha value is -3.28. The first-order valence-electron chi connectivity index (χ1n) is 9.72. The number of benzene rings is 1. The van der Waals surface area contributed by atoms with Crippen LogP contribution in [0.4, 0.5) is 5.00 Å². The van der Waals surface area contributed by atoms with E-state index in [2.05, 4.69) is 26.9 Å². The van der Waals surface area contributed by atoms with E-state index in [0.717, 1.165) is 52.6 Å². The van der Waals surface area contributed by atoms with Crippen molar-refractivity contribution < 1.29 is 9.59 Å². The summed E-state index contributed by atoms with van der Waals surface area (Å²) in [6.45, 7) is 1.97. The van der Waals surface area contributed by atoms with Gasteiger partial charge in [0.05, 0.1) is 17.3 Å². The van der Waals surface area contributed by atoms with Gasteiger partial charge in [-0.3, -0.25) is 9.59 Å². The molecule has 156 valence electrons. The highest BCUT2D eigenvalue weighted by atomic mass is 35.5. The summed E-state index contributed by atoms with van der Waals surface area (Å²) in [6, 6.07) is 9.76. The molecule has 4 rings (SSSR count). The molecule has 0 fully saturated rings. The number of rotatable bonds is 3. The molecule has 3 aromatic rings. The van der Waals surface area contributed by atoms with Crippen LogP contribution in [0.25, 0.3) is 10.9 Å². The third-order valence-corrected chi connectivity index (χ3v) is 6.55. The SMILES string of the molecule is Cc1ccc2cc(C=NNC(=O)C(=O)Nc3sc4c(c3C#N)CCCC4)c(Cl)nc2c1. The zero-order valence-electron chi connectivity index (χ0n) is 16.7. The van der Waals surface area contributed by atoms with Crippen molar-refractivity contribution in [2.45, 2.75) is 32.6 Å². The van der Waals surface area contributed by atoms with Crippen molar-refractivity contribution in [1.82, 2.24) is 10.4 Å². The number of halogens is 1. The van der Waals surface area contributed by atoms with Gasteiger partial charge in [0.25, 0.3) is 0 Å². The molecule has 2 amide bonds. The highest BCUT2D eigenvalue weighted by Crippen LogP contribution is 2.37. The molecular weight excluding hydrogens is 434 g/mol. The number of anilines is 1. The standard InChI is InChI=1S/C22H18ClN5O2S/c1-12-6-7-13-9-14(19(23)26-17(13)8-12)11-25-28-21(30)20(29)27-22-16(10-24)15-4-2-3-5-18(15)31-22/h6-9,11H,2-5H2,1H3,(H,27,29)(H,28,30). The van der Waals surface area contributed by atoms with Crippen molar-refractivity contribution in [2.24, 2.45) is 5.10 Å². The minimum atomic E-state index is -0.938. The molecule has 2 N–H and O–H groups in total. The summed E-state index contributed by atoms with van der Waals surface area (Å²) in [5.41, 5.74) is 5.97. The van der Waals surface area contributed by atoms with Gasteiger partial charge < -0.3 is 5.32 Å². The quantitative estimate of drug-likeness (QED) is 0.270. The molecule has 9 heteroatoms. The van der Waals surface area contributed by atoms with Crippen molar-refractivity contribution in [1.29, 1.82) is 5.26 Å². The molecule has 0 spiro atoms. The van der Waals surface area contributed by atoms with Crippen molar-refractivity contribution in [3.63, 3.8) is 0 Å². The van der Waals surface area contributed by atoms with Crippen LogP contribution in [0.2, 0.25) is 5.15 Å². The summed E-state index contributed by atoms with van der Waals surface area (Å²) in [6.07, 6.45) is 5.13. The molecule has 2 aromatic heterocycles. The lowest BCUT2D eigenvalue weighted by Crippen LogP contribution is -2.32. The van der Waals surface area contributed by atoms with E-state index >= 15 is 0 Å². The number of fused-ring (bicyclic) bond motifs is 2. The fraction of sp³-hybridized carbons (Fsp3) is 0.227. The summed E-state index contributed by atoms with van der Waals surface area (Å²) in [5, 5.41) is 17.4. The molecule has 1 aromatic carbocycles. The summed E-state index contributed by atoms with van der Waals surface area (Å²) in [7, 11) is 0. The Morgan fingerprint density at radius 1 is 1.26 bits per heavy atom. The number of carbonyl (C=O) groups is 2.